The van der Waals surface area contributed by atoms with Gasteiger partial charge in [0, 0.05) is 5.57 Å². The summed E-state index contributed by atoms with van der Waals surface area (Å²) in [7, 11) is 0. The van der Waals surface area contributed by atoms with Crippen LogP contribution in [-0.4, -0.2) is 5.67 Å². The lowest BCUT2D eigenvalue weighted by Gasteiger charge is -2.14. The minimum absolute atomic E-state index is 0.641. The molecule has 0 aliphatic carbocycles. The second-order valence-electron chi connectivity index (χ2n) is 2.48. The Hall–Kier alpha value is -0.550. The number of alkyl halides is 1. The van der Waals surface area contributed by atoms with Crippen molar-refractivity contribution in [2.45, 2.75) is 32.9 Å². The van der Waals surface area contributed by atoms with E-state index in [9.17, 15) is 4.39 Å². The maximum atomic E-state index is 12.9. The van der Waals surface area contributed by atoms with Crippen molar-refractivity contribution in [1.82, 2.24) is 0 Å². The molecule has 0 radical (unpaired) electrons. The summed E-state index contributed by atoms with van der Waals surface area (Å²) in [6.07, 6.45) is 0.688. The fourth-order valence-electron chi connectivity index (χ4n) is 0.756. The van der Waals surface area contributed by atoms with Crippen molar-refractivity contribution in [3.63, 3.8) is 0 Å². The van der Waals surface area contributed by atoms with Gasteiger partial charge >= 0.3 is 0 Å². The van der Waals surface area contributed by atoms with E-state index in [1.807, 2.05) is 6.92 Å². The normalized spacial score (nSPS) is 10.7. The molecule has 1 heteroatoms. The summed E-state index contributed by atoms with van der Waals surface area (Å²) in [5, 5.41) is 0. The van der Waals surface area contributed by atoms with E-state index < -0.39 is 5.67 Å². The van der Waals surface area contributed by atoms with Crippen LogP contribution in [-0.2, 0) is 0 Å². The van der Waals surface area contributed by atoms with Gasteiger partial charge in [-0.2, -0.15) is 0 Å². The summed E-state index contributed by atoms with van der Waals surface area (Å²) in [6.45, 7) is 8.33. The highest BCUT2D eigenvalue weighted by Crippen LogP contribution is 2.21. The molecule has 0 atom stereocenters. The highest BCUT2D eigenvalue weighted by molar-refractivity contribution is 5.10. The van der Waals surface area contributed by atoms with Crippen molar-refractivity contribution in [1.29, 1.82) is 0 Å². The van der Waals surface area contributed by atoms with E-state index in [0.717, 1.165) is 0 Å². The smallest absolute Gasteiger partial charge is 0.133 e. The summed E-state index contributed by atoms with van der Waals surface area (Å²) in [4.78, 5) is 0. The maximum Gasteiger partial charge on any atom is 0.133 e. The average Bonchev–Trinajstić information content (AvgIpc) is 1.65. The Balaban J connectivity index is 4.33. The molecule has 0 nitrogen and oxygen atoms in total. The molecule has 0 N–H and O–H groups in total. The molecule has 0 aromatic carbocycles. The molecule has 52 valence electrons. The van der Waals surface area contributed by atoms with Gasteiger partial charge in [0.2, 0.25) is 0 Å². The van der Waals surface area contributed by atoms with E-state index in [4.69, 9.17) is 0 Å². The molecule has 0 saturated heterocycles. The Morgan fingerprint density at radius 1 is 1.67 bits per heavy atom. The van der Waals surface area contributed by atoms with Crippen LogP contribution in [0.4, 0.5) is 4.39 Å². The van der Waals surface area contributed by atoms with Gasteiger partial charge < -0.3 is 0 Å². The van der Waals surface area contributed by atoms with Crippen LogP contribution < -0.4 is 0 Å². The van der Waals surface area contributed by atoms with Crippen LogP contribution in [0.3, 0.4) is 0 Å². The SMILES string of the molecule is C=C=C(CC)C(C)(C)F. The molecule has 0 bridgehead atoms. The Bertz CT molecular complexity index is 133. The van der Waals surface area contributed by atoms with Crippen LogP contribution in [0.5, 0.6) is 0 Å². The van der Waals surface area contributed by atoms with Crippen molar-refractivity contribution >= 4 is 0 Å². The van der Waals surface area contributed by atoms with Gasteiger partial charge in [0.05, 0.1) is 0 Å². The van der Waals surface area contributed by atoms with E-state index in [1.54, 1.807) is 0 Å². The lowest BCUT2D eigenvalue weighted by atomic mass is 9.99. The van der Waals surface area contributed by atoms with Crippen LogP contribution in [0, 0.1) is 0 Å². The largest absolute Gasteiger partial charge is 0.239 e. The molecule has 0 aromatic rings. The van der Waals surface area contributed by atoms with E-state index in [0.29, 0.717) is 12.0 Å². The number of allylic oxidation sites excluding steroid dienone is 1. The minimum atomic E-state index is -1.24. The molecule has 9 heavy (non-hydrogen) atoms. The molecular formula is C8H13F. The predicted molar refractivity (Wildman–Crippen MR) is 38.1 cm³/mol. The van der Waals surface area contributed by atoms with Gasteiger partial charge in [-0.25, -0.2) is 4.39 Å². The molecule has 0 spiro atoms. The van der Waals surface area contributed by atoms with Gasteiger partial charge in [0.25, 0.3) is 0 Å². The summed E-state index contributed by atoms with van der Waals surface area (Å²) >= 11 is 0. The first-order valence-corrected chi connectivity index (χ1v) is 3.10. The molecule has 0 aliphatic heterocycles. The van der Waals surface area contributed by atoms with E-state index in [-0.39, 0.29) is 0 Å². The van der Waals surface area contributed by atoms with Crippen LogP contribution in [0.25, 0.3) is 0 Å². The topological polar surface area (TPSA) is 0 Å². The quantitative estimate of drug-likeness (QED) is 0.501. The van der Waals surface area contributed by atoms with Gasteiger partial charge in [-0.1, -0.05) is 13.5 Å². The molecule has 0 fully saturated rings. The van der Waals surface area contributed by atoms with Gasteiger partial charge in [-0.05, 0) is 20.3 Å². The predicted octanol–water partition coefficient (Wildman–Crippen LogP) is 2.86. The molecule has 0 aliphatic rings. The van der Waals surface area contributed by atoms with Crippen molar-refractivity contribution in [2.24, 2.45) is 0 Å². The number of rotatable bonds is 2. The molecule has 0 aromatic heterocycles. The first kappa shape index (κ1) is 8.45. The zero-order chi connectivity index (χ0) is 7.49. The third-order valence-corrected chi connectivity index (χ3v) is 1.28. The van der Waals surface area contributed by atoms with Crippen LogP contribution in [0.2, 0.25) is 0 Å². The molecule has 0 unspecified atom stereocenters. The maximum absolute atomic E-state index is 12.9. The summed E-state index contributed by atoms with van der Waals surface area (Å²) in [5.41, 5.74) is 1.98. The highest BCUT2D eigenvalue weighted by Gasteiger charge is 2.19. The Morgan fingerprint density at radius 3 is 2.11 bits per heavy atom. The monoisotopic (exact) mass is 128 g/mol. The number of hydrogen-bond donors (Lipinski definition) is 0. The molecule has 0 saturated carbocycles. The fourth-order valence-corrected chi connectivity index (χ4v) is 0.756. The minimum Gasteiger partial charge on any atom is -0.239 e. The Labute approximate surface area is 56.1 Å². The standard InChI is InChI=1S/C8H13F/c1-5-7(6-2)8(3,4)9/h1,6H2,2-4H3. The zero-order valence-corrected chi connectivity index (χ0v) is 6.29. The highest BCUT2D eigenvalue weighted by atomic mass is 19.1. The second-order valence-corrected chi connectivity index (χ2v) is 2.48. The molecular weight excluding hydrogens is 115 g/mol. The van der Waals surface area contributed by atoms with Crippen molar-refractivity contribution < 1.29 is 4.39 Å². The third-order valence-electron chi connectivity index (χ3n) is 1.28. The van der Waals surface area contributed by atoms with Crippen molar-refractivity contribution in [3.8, 4) is 0 Å². The van der Waals surface area contributed by atoms with Gasteiger partial charge in [-0.15, -0.1) is 5.73 Å². The first-order chi connectivity index (χ1) is 4.02. The van der Waals surface area contributed by atoms with Crippen molar-refractivity contribution in [3.05, 3.63) is 17.9 Å². The summed E-state index contributed by atoms with van der Waals surface area (Å²) < 4.78 is 12.9. The fraction of sp³-hybridized carbons (Fsp3) is 0.625. The molecule has 0 rings (SSSR count). The average molecular weight is 128 g/mol. The van der Waals surface area contributed by atoms with Gasteiger partial charge in [-0.3, -0.25) is 0 Å². The number of halogens is 1. The Morgan fingerprint density at radius 2 is 2.11 bits per heavy atom. The second kappa shape index (κ2) is 2.84. The van der Waals surface area contributed by atoms with Crippen LogP contribution in [0.1, 0.15) is 27.2 Å². The van der Waals surface area contributed by atoms with Crippen LogP contribution in [0.15, 0.2) is 17.9 Å². The van der Waals surface area contributed by atoms with E-state index >= 15 is 0 Å². The lowest BCUT2D eigenvalue weighted by Crippen LogP contribution is -2.14. The van der Waals surface area contributed by atoms with E-state index in [2.05, 4.69) is 12.3 Å². The number of hydrogen-bond acceptors (Lipinski definition) is 0. The van der Waals surface area contributed by atoms with Gasteiger partial charge in [0.1, 0.15) is 5.67 Å². The third kappa shape index (κ3) is 2.48. The van der Waals surface area contributed by atoms with Gasteiger partial charge in [0.15, 0.2) is 0 Å². The lowest BCUT2D eigenvalue weighted by molar-refractivity contribution is 0.263. The summed E-state index contributed by atoms with van der Waals surface area (Å²) in [6, 6.07) is 0. The molecule has 0 heterocycles. The summed E-state index contributed by atoms with van der Waals surface area (Å²) in [5.74, 6) is 0. The van der Waals surface area contributed by atoms with Crippen LogP contribution >= 0.6 is 0 Å². The first-order valence-electron chi connectivity index (χ1n) is 3.10. The van der Waals surface area contributed by atoms with E-state index in [1.165, 1.54) is 13.8 Å². The molecule has 0 amide bonds. The zero-order valence-electron chi connectivity index (χ0n) is 6.29. The van der Waals surface area contributed by atoms with Crippen molar-refractivity contribution in [2.75, 3.05) is 0 Å². The Kier molecular flexibility index (Phi) is 2.66.